The Morgan fingerprint density at radius 2 is 1.67 bits per heavy atom. The molecule has 0 aliphatic carbocycles. The standard InChI is InChI=1S/C10H15N.ClH/c1-7-4-5-10(6-11)9(3)8(7)2;/h4-5H,6,11H2,1-3H3;1H. The fourth-order valence-corrected chi connectivity index (χ4v) is 1.23. The summed E-state index contributed by atoms with van der Waals surface area (Å²) in [4.78, 5) is 0. The third kappa shape index (κ3) is 1.99. The molecule has 2 N–H and O–H groups in total. The Hall–Kier alpha value is -0.530. The van der Waals surface area contributed by atoms with Crippen molar-refractivity contribution in [3.05, 3.63) is 34.4 Å². The Morgan fingerprint density at radius 3 is 2.17 bits per heavy atom. The second-order valence-corrected chi connectivity index (χ2v) is 3.00. The molecule has 0 aliphatic rings. The van der Waals surface area contributed by atoms with Crippen LogP contribution in [-0.2, 0) is 6.54 Å². The van der Waals surface area contributed by atoms with Crippen LogP contribution in [0.1, 0.15) is 22.3 Å². The highest BCUT2D eigenvalue weighted by Crippen LogP contribution is 2.15. The van der Waals surface area contributed by atoms with Gasteiger partial charge < -0.3 is 5.73 Å². The number of hydrogen-bond donors (Lipinski definition) is 1. The van der Waals surface area contributed by atoms with E-state index in [2.05, 4.69) is 32.9 Å². The number of benzene rings is 1. The van der Waals surface area contributed by atoms with Crippen LogP contribution in [0.15, 0.2) is 12.1 Å². The maximum atomic E-state index is 5.57. The van der Waals surface area contributed by atoms with E-state index >= 15 is 0 Å². The first-order valence-corrected chi connectivity index (χ1v) is 3.92. The van der Waals surface area contributed by atoms with Crippen molar-refractivity contribution in [2.24, 2.45) is 5.73 Å². The lowest BCUT2D eigenvalue weighted by atomic mass is 9.99. The van der Waals surface area contributed by atoms with Crippen molar-refractivity contribution < 1.29 is 0 Å². The second-order valence-electron chi connectivity index (χ2n) is 3.00. The predicted molar refractivity (Wildman–Crippen MR) is 55.8 cm³/mol. The molecule has 0 saturated heterocycles. The average molecular weight is 186 g/mol. The first-order valence-electron chi connectivity index (χ1n) is 3.92. The molecule has 0 saturated carbocycles. The molecule has 1 aromatic rings. The van der Waals surface area contributed by atoms with E-state index in [1.165, 1.54) is 22.3 Å². The number of hydrogen-bond acceptors (Lipinski definition) is 1. The zero-order chi connectivity index (χ0) is 8.43. The molecule has 1 rings (SSSR count). The molecule has 1 nitrogen and oxygen atoms in total. The smallest absolute Gasteiger partial charge is 0.0180 e. The molecular weight excluding hydrogens is 170 g/mol. The normalized spacial score (nSPS) is 9.33. The van der Waals surface area contributed by atoms with Gasteiger partial charge >= 0.3 is 0 Å². The largest absolute Gasteiger partial charge is 0.326 e. The van der Waals surface area contributed by atoms with E-state index < -0.39 is 0 Å². The highest BCUT2D eigenvalue weighted by atomic mass is 35.5. The van der Waals surface area contributed by atoms with Gasteiger partial charge in [-0.1, -0.05) is 12.1 Å². The molecule has 0 amide bonds. The van der Waals surface area contributed by atoms with E-state index in [1.54, 1.807) is 0 Å². The van der Waals surface area contributed by atoms with Crippen LogP contribution < -0.4 is 5.73 Å². The van der Waals surface area contributed by atoms with Gasteiger partial charge in [-0.3, -0.25) is 0 Å². The lowest BCUT2D eigenvalue weighted by Gasteiger charge is -2.08. The fourth-order valence-electron chi connectivity index (χ4n) is 1.23. The molecule has 0 unspecified atom stereocenters. The number of aryl methyl sites for hydroxylation is 1. The summed E-state index contributed by atoms with van der Waals surface area (Å²) in [5.74, 6) is 0. The van der Waals surface area contributed by atoms with E-state index in [-0.39, 0.29) is 12.4 Å². The first kappa shape index (κ1) is 11.5. The van der Waals surface area contributed by atoms with E-state index in [0.29, 0.717) is 6.54 Å². The Morgan fingerprint density at radius 1 is 1.08 bits per heavy atom. The number of rotatable bonds is 1. The summed E-state index contributed by atoms with van der Waals surface area (Å²) in [6, 6.07) is 4.24. The zero-order valence-electron chi connectivity index (χ0n) is 7.85. The van der Waals surface area contributed by atoms with Crippen molar-refractivity contribution in [1.29, 1.82) is 0 Å². The molecule has 0 spiro atoms. The molecule has 0 aromatic heterocycles. The topological polar surface area (TPSA) is 26.0 Å². The highest BCUT2D eigenvalue weighted by molar-refractivity contribution is 5.85. The Balaban J connectivity index is 0.00000121. The molecule has 0 fully saturated rings. The van der Waals surface area contributed by atoms with Gasteiger partial charge in [-0.15, -0.1) is 12.4 Å². The summed E-state index contributed by atoms with van der Waals surface area (Å²) >= 11 is 0. The summed E-state index contributed by atoms with van der Waals surface area (Å²) in [6.45, 7) is 7.05. The maximum Gasteiger partial charge on any atom is 0.0180 e. The van der Waals surface area contributed by atoms with Crippen molar-refractivity contribution in [3.8, 4) is 0 Å². The molecule has 0 aliphatic heterocycles. The summed E-state index contributed by atoms with van der Waals surface area (Å²) in [5, 5.41) is 0. The Bertz CT molecular complexity index is 269. The lowest BCUT2D eigenvalue weighted by molar-refractivity contribution is 1.03. The number of nitrogens with two attached hydrogens (primary N) is 1. The molecular formula is C10H16ClN. The minimum absolute atomic E-state index is 0. The summed E-state index contributed by atoms with van der Waals surface area (Å²) < 4.78 is 0. The molecule has 12 heavy (non-hydrogen) atoms. The van der Waals surface area contributed by atoms with E-state index in [4.69, 9.17) is 5.73 Å². The quantitative estimate of drug-likeness (QED) is 0.715. The van der Waals surface area contributed by atoms with Crippen LogP contribution in [-0.4, -0.2) is 0 Å². The van der Waals surface area contributed by atoms with Crippen LogP contribution in [0.25, 0.3) is 0 Å². The summed E-state index contributed by atoms with van der Waals surface area (Å²) in [7, 11) is 0. The third-order valence-electron chi connectivity index (χ3n) is 2.39. The lowest BCUT2D eigenvalue weighted by Crippen LogP contribution is -2.01. The van der Waals surface area contributed by atoms with Crippen LogP contribution in [0, 0.1) is 20.8 Å². The molecule has 1 aromatic carbocycles. The minimum atomic E-state index is 0. The zero-order valence-corrected chi connectivity index (χ0v) is 8.66. The molecule has 0 radical (unpaired) electrons. The van der Waals surface area contributed by atoms with Crippen molar-refractivity contribution in [1.82, 2.24) is 0 Å². The van der Waals surface area contributed by atoms with Crippen molar-refractivity contribution in [3.63, 3.8) is 0 Å². The average Bonchev–Trinajstić information content (AvgIpc) is 2.01. The van der Waals surface area contributed by atoms with Crippen LogP contribution in [0.2, 0.25) is 0 Å². The van der Waals surface area contributed by atoms with Crippen LogP contribution >= 0.6 is 12.4 Å². The van der Waals surface area contributed by atoms with Crippen molar-refractivity contribution in [2.45, 2.75) is 27.3 Å². The molecule has 0 bridgehead atoms. The summed E-state index contributed by atoms with van der Waals surface area (Å²) in [6.07, 6.45) is 0. The van der Waals surface area contributed by atoms with Gasteiger partial charge in [0.1, 0.15) is 0 Å². The van der Waals surface area contributed by atoms with Crippen LogP contribution in [0.5, 0.6) is 0 Å². The van der Waals surface area contributed by atoms with Gasteiger partial charge in [0.2, 0.25) is 0 Å². The van der Waals surface area contributed by atoms with Crippen LogP contribution in [0.4, 0.5) is 0 Å². The van der Waals surface area contributed by atoms with Gasteiger partial charge in [-0.05, 0) is 43.0 Å². The molecule has 2 heteroatoms. The van der Waals surface area contributed by atoms with Gasteiger partial charge in [0, 0.05) is 6.54 Å². The monoisotopic (exact) mass is 185 g/mol. The van der Waals surface area contributed by atoms with E-state index in [0.717, 1.165) is 0 Å². The first-order chi connectivity index (χ1) is 5.16. The van der Waals surface area contributed by atoms with E-state index in [9.17, 15) is 0 Å². The predicted octanol–water partition coefficient (Wildman–Crippen LogP) is 2.49. The number of halogens is 1. The minimum Gasteiger partial charge on any atom is -0.326 e. The second kappa shape index (κ2) is 4.48. The van der Waals surface area contributed by atoms with Gasteiger partial charge in [-0.2, -0.15) is 0 Å². The van der Waals surface area contributed by atoms with Gasteiger partial charge in [0.05, 0.1) is 0 Å². The van der Waals surface area contributed by atoms with Crippen molar-refractivity contribution >= 4 is 12.4 Å². The third-order valence-corrected chi connectivity index (χ3v) is 2.39. The summed E-state index contributed by atoms with van der Waals surface area (Å²) in [5.41, 5.74) is 10.9. The van der Waals surface area contributed by atoms with Gasteiger partial charge in [-0.25, -0.2) is 0 Å². The highest BCUT2D eigenvalue weighted by Gasteiger charge is 2.00. The van der Waals surface area contributed by atoms with Crippen LogP contribution in [0.3, 0.4) is 0 Å². The Labute approximate surface area is 80.4 Å². The van der Waals surface area contributed by atoms with Gasteiger partial charge in [0.25, 0.3) is 0 Å². The molecule has 0 heterocycles. The molecule has 68 valence electrons. The maximum absolute atomic E-state index is 5.57. The fraction of sp³-hybridized carbons (Fsp3) is 0.400. The van der Waals surface area contributed by atoms with Gasteiger partial charge in [0.15, 0.2) is 0 Å². The van der Waals surface area contributed by atoms with Crippen molar-refractivity contribution in [2.75, 3.05) is 0 Å². The SMILES string of the molecule is Cc1ccc(CN)c(C)c1C.Cl. The molecule has 0 atom stereocenters. The Kier molecular flexibility index (Phi) is 4.29. The van der Waals surface area contributed by atoms with E-state index in [1.807, 2.05) is 0 Å².